The Kier molecular flexibility index (Phi) is 2.98. The van der Waals surface area contributed by atoms with E-state index in [1.807, 2.05) is 0 Å². The Balaban J connectivity index is 2.01. The van der Waals surface area contributed by atoms with E-state index >= 15 is 0 Å². The second-order valence-electron chi connectivity index (χ2n) is 5.27. The summed E-state index contributed by atoms with van der Waals surface area (Å²) in [4.78, 5) is 3.92. The molecule has 1 aliphatic carbocycles. The van der Waals surface area contributed by atoms with Crippen LogP contribution in [0.4, 0.5) is 4.39 Å². The highest BCUT2D eigenvalue weighted by molar-refractivity contribution is 5.30. The minimum absolute atomic E-state index is 0.122. The van der Waals surface area contributed by atoms with Gasteiger partial charge in [0, 0.05) is 12.2 Å². The van der Waals surface area contributed by atoms with Crippen LogP contribution in [0.5, 0.6) is 0 Å². The van der Waals surface area contributed by atoms with Gasteiger partial charge in [-0.05, 0) is 35.9 Å². The number of hydrogen-bond acceptors (Lipinski definition) is 2. The molecule has 0 radical (unpaired) electrons. The van der Waals surface area contributed by atoms with Crippen molar-refractivity contribution in [1.29, 1.82) is 0 Å². The van der Waals surface area contributed by atoms with E-state index in [-0.39, 0.29) is 11.2 Å². The Hall–Kier alpha value is -0.960. The number of hydrogen-bond donors (Lipinski definition) is 1. The average molecular weight is 222 g/mol. The van der Waals surface area contributed by atoms with Crippen molar-refractivity contribution in [2.75, 3.05) is 6.54 Å². The van der Waals surface area contributed by atoms with E-state index in [0.29, 0.717) is 12.0 Å². The van der Waals surface area contributed by atoms with Crippen LogP contribution in [-0.4, -0.2) is 17.6 Å². The molecule has 1 aromatic rings. The van der Waals surface area contributed by atoms with Gasteiger partial charge in [0.15, 0.2) is 0 Å². The fraction of sp³-hybridized carbons (Fsp3) is 0.615. The number of nitrogens with one attached hydrogen (secondary N) is 1. The normalized spacial score (nSPS) is 28.4. The van der Waals surface area contributed by atoms with Crippen molar-refractivity contribution >= 4 is 0 Å². The zero-order valence-corrected chi connectivity index (χ0v) is 10.1. The lowest BCUT2D eigenvalue weighted by atomic mass is 9.97. The first kappa shape index (κ1) is 11.5. The minimum Gasteiger partial charge on any atom is -0.314 e. The predicted octanol–water partition coefficient (Wildman–Crippen LogP) is 2.50. The molecule has 1 aromatic heterocycles. The van der Waals surface area contributed by atoms with Gasteiger partial charge >= 0.3 is 0 Å². The summed E-state index contributed by atoms with van der Waals surface area (Å²) >= 11 is 0. The molecule has 2 atom stereocenters. The van der Waals surface area contributed by atoms with E-state index in [1.165, 1.54) is 6.20 Å². The third-order valence-electron chi connectivity index (χ3n) is 3.55. The summed E-state index contributed by atoms with van der Waals surface area (Å²) in [7, 11) is 0. The lowest BCUT2D eigenvalue weighted by molar-refractivity contribution is 0.525. The molecule has 2 nitrogen and oxygen atoms in total. The van der Waals surface area contributed by atoms with Crippen molar-refractivity contribution in [3.05, 3.63) is 29.8 Å². The first-order valence-corrected chi connectivity index (χ1v) is 5.87. The molecule has 0 aromatic carbocycles. The SMILES string of the molecule is CC(C)NCC1CC1(C)c1cncc(F)c1. The summed E-state index contributed by atoms with van der Waals surface area (Å²) in [6, 6.07) is 2.12. The fourth-order valence-electron chi connectivity index (χ4n) is 2.21. The van der Waals surface area contributed by atoms with Crippen LogP contribution in [0.3, 0.4) is 0 Å². The van der Waals surface area contributed by atoms with Crippen LogP contribution in [0.15, 0.2) is 18.5 Å². The first-order valence-electron chi connectivity index (χ1n) is 5.87. The monoisotopic (exact) mass is 222 g/mol. The summed E-state index contributed by atoms with van der Waals surface area (Å²) in [5.74, 6) is 0.375. The second kappa shape index (κ2) is 4.13. The number of aromatic nitrogens is 1. The third kappa shape index (κ3) is 2.24. The molecule has 3 heteroatoms. The van der Waals surface area contributed by atoms with E-state index in [1.54, 1.807) is 12.3 Å². The van der Waals surface area contributed by atoms with Gasteiger partial charge in [-0.1, -0.05) is 20.8 Å². The van der Waals surface area contributed by atoms with Gasteiger partial charge in [-0.2, -0.15) is 0 Å². The molecule has 2 unspecified atom stereocenters. The van der Waals surface area contributed by atoms with E-state index in [2.05, 4.69) is 31.1 Å². The lowest BCUT2D eigenvalue weighted by Gasteiger charge is -2.13. The van der Waals surface area contributed by atoms with Crippen LogP contribution in [-0.2, 0) is 5.41 Å². The molecule has 1 fully saturated rings. The molecule has 88 valence electrons. The van der Waals surface area contributed by atoms with Gasteiger partial charge in [-0.25, -0.2) is 4.39 Å². The summed E-state index contributed by atoms with van der Waals surface area (Å²) < 4.78 is 13.1. The van der Waals surface area contributed by atoms with Crippen LogP contribution in [0, 0.1) is 11.7 Å². The van der Waals surface area contributed by atoms with Crippen molar-refractivity contribution < 1.29 is 4.39 Å². The van der Waals surface area contributed by atoms with E-state index in [4.69, 9.17) is 0 Å². The standard InChI is InChI=1S/C13H19FN2/c1-9(2)16-7-11-5-13(11,3)10-4-12(14)8-15-6-10/h4,6,8-9,11,16H,5,7H2,1-3H3. The number of halogens is 1. The molecule has 1 heterocycles. The minimum atomic E-state index is -0.235. The Labute approximate surface area is 96.3 Å². The number of pyridine rings is 1. The molecule has 1 saturated carbocycles. The maximum absolute atomic E-state index is 13.1. The van der Waals surface area contributed by atoms with Crippen molar-refractivity contribution in [3.63, 3.8) is 0 Å². The van der Waals surface area contributed by atoms with Crippen LogP contribution in [0.1, 0.15) is 32.8 Å². The smallest absolute Gasteiger partial charge is 0.141 e. The molecule has 0 aliphatic heterocycles. The van der Waals surface area contributed by atoms with Crippen molar-refractivity contribution in [2.24, 2.45) is 5.92 Å². The fourth-order valence-corrected chi connectivity index (χ4v) is 2.21. The zero-order valence-electron chi connectivity index (χ0n) is 10.1. The molecule has 0 amide bonds. The molecule has 1 aliphatic rings. The van der Waals surface area contributed by atoms with E-state index in [0.717, 1.165) is 18.5 Å². The largest absolute Gasteiger partial charge is 0.314 e. The number of nitrogens with zero attached hydrogens (tertiary/aromatic N) is 1. The predicted molar refractivity (Wildman–Crippen MR) is 62.8 cm³/mol. The Morgan fingerprint density at radius 3 is 2.94 bits per heavy atom. The maximum Gasteiger partial charge on any atom is 0.141 e. The summed E-state index contributed by atoms with van der Waals surface area (Å²) in [5, 5.41) is 3.43. The highest BCUT2D eigenvalue weighted by Gasteiger charge is 2.50. The molecule has 0 bridgehead atoms. The lowest BCUT2D eigenvalue weighted by Crippen LogP contribution is -2.26. The second-order valence-corrected chi connectivity index (χ2v) is 5.27. The number of rotatable bonds is 4. The Morgan fingerprint density at radius 2 is 2.31 bits per heavy atom. The molecule has 0 spiro atoms. The van der Waals surface area contributed by atoms with Crippen LogP contribution < -0.4 is 5.32 Å². The van der Waals surface area contributed by atoms with Crippen LogP contribution in [0.25, 0.3) is 0 Å². The van der Waals surface area contributed by atoms with Crippen molar-refractivity contribution in [2.45, 2.75) is 38.6 Å². The summed E-state index contributed by atoms with van der Waals surface area (Å²) in [6.07, 6.45) is 4.17. The van der Waals surface area contributed by atoms with Gasteiger partial charge in [0.2, 0.25) is 0 Å². The van der Waals surface area contributed by atoms with Crippen molar-refractivity contribution in [3.8, 4) is 0 Å². The Morgan fingerprint density at radius 1 is 1.56 bits per heavy atom. The van der Waals surface area contributed by atoms with Gasteiger partial charge in [-0.15, -0.1) is 0 Å². The highest BCUT2D eigenvalue weighted by atomic mass is 19.1. The summed E-state index contributed by atoms with van der Waals surface area (Å²) in [6.45, 7) is 7.48. The quantitative estimate of drug-likeness (QED) is 0.846. The third-order valence-corrected chi connectivity index (χ3v) is 3.55. The van der Waals surface area contributed by atoms with Crippen molar-refractivity contribution in [1.82, 2.24) is 10.3 Å². The molecular formula is C13H19FN2. The topological polar surface area (TPSA) is 24.9 Å². The molecule has 0 saturated heterocycles. The maximum atomic E-state index is 13.1. The van der Waals surface area contributed by atoms with Crippen LogP contribution in [0.2, 0.25) is 0 Å². The summed E-state index contributed by atoms with van der Waals surface area (Å²) in [5.41, 5.74) is 1.15. The zero-order chi connectivity index (χ0) is 11.8. The van der Waals surface area contributed by atoms with Gasteiger partial charge in [0.05, 0.1) is 6.20 Å². The highest BCUT2D eigenvalue weighted by Crippen LogP contribution is 2.53. The molecule has 16 heavy (non-hydrogen) atoms. The van der Waals surface area contributed by atoms with E-state index < -0.39 is 0 Å². The molecular weight excluding hydrogens is 203 g/mol. The van der Waals surface area contributed by atoms with Gasteiger partial charge < -0.3 is 5.32 Å². The molecule has 2 rings (SSSR count). The van der Waals surface area contributed by atoms with Gasteiger partial charge in [0.25, 0.3) is 0 Å². The molecule has 1 N–H and O–H groups in total. The Bertz CT molecular complexity index is 378. The van der Waals surface area contributed by atoms with Crippen LogP contribution >= 0.6 is 0 Å². The van der Waals surface area contributed by atoms with Gasteiger partial charge in [-0.3, -0.25) is 4.98 Å². The average Bonchev–Trinajstić information content (AvgIpc) is 2.88. The van der Waals surface area contributed by atoms with E-state index in [9.17, 15) is 4.39 Å². The van der Waals surface area contributed by atoms with Gasteiger partial charge in [0.1, 0.15) is 5.82 Å². The first-order chi connectivity index (χ1) is 7.52.